The third-order valence-corrected chi connectivity index (χ3v) is 9.42. The van der Waals surface area contributed by atoms with E-state index in [-0.39, 0.29) is 5.78 Å². The zero-order valence-corrected chi connectivity index (χ0v) is 14.2. The molecule has 1 aliphatic rings. The van der Waals surface area contributed by atoms with E-state index in [1.807, 2.05) is 0 Å². The molecule has 0 aliphatic carbocycles. The van der Waals surface area contributed by atoms with Gasteiger partial charge in [-0.1, -0.05) is 49.0 Å². The third kappa shape index (κ3) is 1.65. The third-order valence-electron chi connectivity index (χ3n) is 4.52. The van der Waals surface area contributed by atoms with E-state index in [0.717, 1.165) is 16.0 Å². The zero-order valence-electron chi connectivity index (χ0n) is 12.4. The SMILES string of the molecule is Cc1ccc2c(c1)C(=O)c1sc3ccccc3c1[Si]2(C)C. The predicted octanol–water partition coefficient (Wildman–Crippen LogP) is 3.58. The fourth-order valence-corrected chi connectivity index (χ4v) is 8.75. The number of fused-ring (bicyclic) bond motifs is 4. The van der Waals surface area contributed by atoms with Crippen LogP contribution in [0.15, 0.2) is 42.5 Å². The first-order valence-corrected chi connectivity index (χ1v) is 11.0. The molecule has 0 saturated heterocycles. The monoisotopic (exact) mass is 308 g/mol. The van der Waals surface area contributed by atoms with Crippen molar-refractivity contribution in [1.29, 1.82) is 0 Å². The number of thiophene rings is 1. The molecular formula is C18H16OSSi. The van der Waals surface area contributed by atoms with E-state index < -0.39 is 8.07 Å². The Morgan fingerprint density at radius 3 is 2.62 bits per heavy atom. The molecule has 0 unspecified atom stereocenters. The highest BCUT2D eigenvalue weighted by atomic mass is 32.1. The summed E-state index contributed by atoms with van der Waals surface area (Å²) < 4.78 is 1.24. The maximum absolute atomic E-state index is 13.0. The lowest BCUT2D eigenvalue weighted by molar-refractivity contribution is 0.104. The highest BCUT2D eigenvalue weighted by molar-refractivity contribution is 7.25. The first-order chi connectivity index (χ1) is 10.00. The van der Waals surface area contributed by atoms with Crippen molar-refractivity contribution in [3.8, 4) is 0 Å². The van der Waals surface area contributed by atoms with Gasteiger partial charge in [-0.15, -0.1) is 11.3 Å². The van der Waals surface area contributed by atoms with Gasteiger partial charge in [-0.25, -0.2) is 0 Å². The van der Waals surface area contributed by atoms with Crippen LogP contribution in [0.2, 0.25) is 13.1 Å². The summed E-state index contributed by atoms with van der Waals surface area (Å²) in [6.07, 6.45) is 0. The minimum atomic E-state index is -1.82. The molecular weight excluding hydrogens is 292 g/mol. The molecule has 0 atom stereocenters. The van der Waals surface area contributed by atoms with Crippen LogP contribution in [0.1, 0.15) is 20.8 Å². The van der Waals surface area contributed by atoms with Crippen molar-refractivity contribution in [2.75, 3.05) is 0 Å². The van der Waals surface area contributed by atoms with Gasteiger partial charge in [-0.05, 0) is 34.8 Å². The Labute approximate surface area is 129 Å². The first-order valence-electron chi connectivity index (χ1n) is 7.18. The lowest BCUT2D eigenvalue weighted by Gasteiger charge is -2.31. The van der Waals surface area contributed by atoms with E-state index >= 15 is 0 Å². The van der Waals surface area contributed by atoms with Crippen LogP contribution in [0.3, 0.4) is 0 Å². The summed E-state index contributed by atoms with van der Waals surface area (Å²) in [4.78, 5) is 13.9. The molecule has 21 heavy (non-hydrogen) atoms. The van der Waals surface area contributed by atoms with E-state index in [2.05, 4.69) is 62.5 Å². The van der Waals surface area contributed by atoms with Gasteiger partial charge in [0.25, 0.3) is 0 Å². The molecule has 3 aromatic rings. The number of carbonyl (C=O) groups excluding carboxylic acids is 1. The minimum absolute atomic E-state index is 0.219. The highest BCUT2D eigenvalue weighted by Crippen LogP contribution is 2.32. The van der Waals surface area contributed by atoms with E-state index in [1.165, 1.54) is 20.5 Å². The van der Waals surface area contributed by atoms with Gasteiger partial charge in [-0.2, -0.15) is 0 Å². The average molecular weight is 308 g/mol. The molecule has 4 rings (SSSR count). The zero-order chi connectivity index (χ0) is 14.8. The van der Waals surface area contributed by atoms with Crippen molar-refractivity contribution in [1.82, 2.24) is 0 Å². The Balaban J connectivity index is 2.14. The molecule has 0 spiro atoms. The second-order valence-corrected chi connectivity index (χ2v) is 11.6. The average Bonchev–Trinajstić information content (AvgIpc) is 2.85. The minimum Gasteiger partial charge on any atom is -0.288 e. The summed E-state index contributed by atoms with van der Waals surface area (Å²) in [5.41, 5.74) is 2.10. The Kier molecular flexibility index (Phi) is 2.57. The number of carbonyl (C=O) groups is 1. The van der Waals surface area contributed by atoms with E-state index in [1.54, 1.807) is 11.3 Å². The Morgan fingerprint density at radius 2 is 1.81 bits per heavy atom. The molecule has 0 fully saturated rings. The molecule has 2 heterocycles. The highest BCUT2D eigenvalue weighted by Gasteiger charge is 2.41. The van der Waals surface area contributed by atoms with Gasteiger partial charge in [-0.3, -0.25) is 4.79 Å². The first kappa shape index (κ1) is 13.0. The van der Waals surface area contributed by atoms with Gasteiger partial charge in [0.05, 0.1) is 4.88 Å². The molecule has 2 aromatic carbocycles. The lowest BCUT2D eigenvalue weighted by Crippen LogP contribution is -2.59. The summed E-state index contributed by atoms with van der Waals surface area (Å²) in [5.74, 6) is 0.219. The topological polar surface area (TPSA) is 17.1 Å². The molecule has 0 N–H and O–H groups in total. The molecule has 104 valence electrons. The number of rotatable bonds is 0. The quantitative estimate of drug-likeness (QED) is 0.580. The smallest absolute Gasteiger partial charge is 0.202 e. The molecule has 0 saturated carbocycles. The van der Waals surface area contributed by atoms with Crippen LogP contribution in [-0.2, 0) is 0 Å². The molecule has 0 bridgehead atoms. The lowest BCUT2D eigenvalue weighted by atomic mass is 10.1. The number of hydrogen-bond donors (Lipinski definition) is 0. The normalized spacial score (nSPS) is 15.9. The molecule has 0 radical (unpaired) electrons. The summed E-state index contributed by atoms with van der Waals surface area (Å²) in [6.45, 7) is 6.79. The van der Waals surface area contributed by atoms with Crippen LogP contribution in [0.25, 0.3) is 10.1 Å². The van der Waals surface area contributed by atoms with Crippen molar-refractivity contribution >= 4 is 45.7 Å². The van der Waals surface area contributed by atoms with Crippen molar-refractivity contribution in [2.45, 2.75) is 20.0 Å². The number of ketones is 1. The van der Waals surface area contributed by atoms with Crippen molar-refractivity contribution in [2.24, 2.45) is 0 Å². The van der Waals surface area contributed by atoms with Crippen LogP contribution in [-0.4, -0.2) is 13.9 Å². The summed E-state index contributed by atoms with van der Waals surface area (Å²) in [7, 11) is -1.82. The molecule has 1 aromatic heterocycles. The van der Waals surface area contributed by atoms with Crippen LogP contribution in [0, 0.1) is 6.92 Å². The maximum atomic E-state index is 13.0. The number of aryl methyl sites for hydroxylation is 1. The number of benzene rings is 2. The Bertz CT molecular complexity index is 905. The van der Waals surface area contributed by atoms with Gasteiger partial charge < -0.3 is 0 Å². The van der Waals surface area contributed by atoms with E-state index in [9.17, 15) is 4.79 Å². The molecule has 1 nitrogen and oxygen atoms in total. The van der Waals surface area contributed by atoms with Crippen LogP contribution in [0.4, 0.5) is 0 Å². The fraction of sp³-hybridized carbons (Fsp3) is 0.167. The maximum Gasteiger partial charge on any atom is 0.202 e. The second-order valence-electron chi connectivity index (χ2n) is 6.31. The standard InChI is InChI=1S/C18H16OSSi/c1-11-8-9-15-13(10-11)16(19)17-18(21(15,2)3)12-6-4-5-7-14(12)20-17/h4-10H,1-3H3. The fourth-order valence-electron chi connectivity index (χ4n) is 3.47. The van der Waals surface area contributed by atoms with Crippen molar-refractivity contribution < 1.29 is 4.79 Å². The van der Waals surface area contributed by atoms with Gasteiger partial charge in [0.2, 0.25) is 5.78 Å². The van der Waals surface area contributed by atoms with Gasteiger partial charge >= 0.3 is 0 Å². The van der Waals surface area contributed by atoms with Gasteiger partial charge in [0.15, 0.2) is 0 Å². The summed E-state index contributed by atoms with van der Waals surface area (Å²) in [5, 5.41) is 3.91. The van der Waals surface area contributed by atoms with Crippen molar-refractivity contribution in [3.05, 3.63) is 58.5 Å². The van der Waals surface area contributed by atoms with Gasteiger partial charge in [0.1, 0.15) is 8.07 Å². The Hall–Kier alpha value is -1.71. The molecule has 0 amide bonds. The molecule has 1 aliphatic heterocycles. The Morgan fingerprint density at radius 1 is 1.05 bits per heavy atom. The predicted molar refractivity (Wildman–Crippen MR) is 93.2 cm³/mol. The van der Waals surface area contributed by atoms with Crippen LogP contribution in [0.5, 0.6) is 0 Å². The van der Waals surface area contributed by atoms with E-state index in [4.69, 9.17) is 0 Å². The van der Waals surface area contributed by atoms with Crippen LogP contribution < -0.4 is 10.4 Å². The number of hydrogen-bond acceptors (Lipinski definition) is 2. The van der Waals surface area contributed by atoms with Gasteiger partial charge in [0, 0.05) is 10.3 Å². The van der Waals surface area contributed by atoms with E-state index in [0.29, 0.717) is 0 Å². The molecule has 3 heteroatoms. The van der Waals surface area contributed by atoms with Crippen LogP contribution >= 0.6 is 11.3 Å². The largest absolute Gasteiger partial charge is 0.288 e. The summed E-state index contributed by atoms with van der Waals surface area (Å²) in [6, 6.07) is 14.8. The second kappa shape index (κ2) is 4.15. The van der Waals surface area contributed by atoms with Crippen molar-refractivity contribution in [3.63, 3.8) is 0 Å². The summed E-state index contributed by atoms with van der Waals surface area (Å²) >= 11 is 1.66.